The van der Waals surface area contributed by atoms with Crippen molar-refractivity contribution in [2.75, 3.05) is 0 Å². The Morgan fingerprint density at radius 3 is 2.56 bits per heavy atom. The zero-order valence-corrected chi connectivity index (χ0v) is 10.9. The molecule has 5 nitrogen and oxygen atoms in total. The first-order valence-electron chi connectivity index (χ1n) is 5.74. The number of hydrogen-bond donors (Lipinski definition) is 2. The summed E-state index contributed by atoms with van der Waals surface area (Å²) in [5.41, 5.74) is 6.76. The number of nitrogens with zero attached hydrogens (tertiary/aromatic N) is 1. The number of aryl methyl sites for hydroxylation is 1. The number of nitro benzene ring substituents is 1. The summed E-state index contributed by atoms with van der Waals surface area (Å²) in [5.74, 6) is 0.0672. The Hall–Kier alpha value is -1.33. The predicted octanol–water partition coefficient (Wildman–Crippen LogP) is 2.83. The fourth-order valence-corrected chi connectivity index (χ4v) is 2.25. The van der Waals surface area contributed by atoms with Crippen LogP contribution in [0.15, 0.2) is 12.1 Å². The summed E-state index contributed by atoms with van der Waals surface area (Å²) in [4.78, 5) is 10.3. The molecule has 1 aliphatic rings. The molecule has 18 heavy (non-hydrogen) atoms. The average molecular weight is 273 g/mol. The molecule has 1 fully saturated rings. The van der Waals surface area contributed by atoms with Crippen molar-refractivity contribution in [2.24, 2.45) is 11.7 Å². The summed E-state index contributed by atoms with van der Waals surface area (Å²) in [6.45, 7) is 1.61. The first kappa shape index (κ1) is 14.7. The van der Waals surface area contributed by atoms with Crippen molar-refractivity contribution < 1.29 is 10.0 Å². The summed E-state index contributed by atoms with van der Waals surface area (Å²) in [5, 5.41) is 20.8. The van der Waals surface area contributed by atoms with Gasteiger partial charge in [0.1, 0.15) is 0 Å². The van der Waals surface area contributed by atoms with Crippen molar-refractivity contribution in [2.45, 2.75) is 32.2 Å². The smallest absolute Gasteiger partial charge is 0.313 e. The van der Waals surface area contributed by atoms with Gasteiger partial charge in [-0.05, 0) is 25.7 Å². The highest BCUT2D eigenvalue weighted by Crippen LogP contribution is 2.42. The molecule has 0 heterocycles. The summed E-state index contributed by atoms with van der Waals surface area (Å²) in [7, 11) is 0. The van der Waals surface area contributed by atoms with E-state index in [0.717, 1.165) is 19.3 Å². The van der Waals surface area contributed by atoms with E-state index in [4.69, 9.17) is 5.73 Å². The molecule has 0 aromatic heterocycles. The molecular weight excluding hydrogens is 256 g/mol. The number of nitro groups is 1. The highest BCUT2D eigenvalue weighted by Gasteiger charge is 2.30. The highest BCUT2D eigenvalue weighted by molar-refractivity contribution is 5.85. The Bertz CT molecular complexity index is 461. The second-order valence-electron chi connectivity index (χ2n) is 4.64. The Kier molecular flexibility index (Phi) is 4.53. The van der Waals surface area contributed by atoms with E-state index >= 15 is 0 Å². The lowest BCUT2D eigenvalue weighted by atomic mass is 9.77. The van der Waals surface area contributed by atoms with E-state index < -0.39 is 4.92 Å². The number of phenolic OH excluding ortho intramolecular Hbond substituents is 1. The minimum absolute atomic E-state index is 0. The standard InChI is InChI=1S/C12H16N2O3.ClH/c1-7-5-6-9(10(13)8-3-2-4-8)12(15)11(7)14(16)17;/h5-6,8,10,15H,2-4,13H2,1H3;1H/t10-;/m0./s1. The van der Waals surface area contributed by atoms with Gasteiger partial charge in [0, 0.05) is 17.2 Å². The first-order chi connectivity index (χ1) is 8.02. The molecule has 0 spiro atoms. The van der Waals surface area contributed by atoms with Gasteiger partial charge in [-0.15, -0.1) is 12.4 Å². The molecule has 6 heteroatoms. The monoisotopic (exact) mass is 272 g/mol. The van der Waals surface area contributed by atoms with Crippen LogP contribution in [0.4, 0.5) is 5.69 Å². The molecule has 100 valence electrons. The molecule has 0 saturated heterocycles. The van der Waals surface area contributed by atoms with Gasteiger partial charge in [-0.3, -0.25) is 10.1 Å². The number of phenols is 1. The second-order valence-corrected chi connectivity index (χ2v) is 4.64. The van der Waals surface area contributed by atoms with Gasteiger partial charge in [-0.1, -0.05) is 18.6 Å². The van der Waals surface area contributed by atoms with Crippen molar-refractivity contribution in [3.8, 4) is 5.75 Å². The SMILES string of the molecule is Cc1ccc([C@@H](N)C2CCC2)c(O)c1[N+](=O)[O-].Cl. The third kappa shape index (κ3) is 2.42. The molecule has 2 rings (SSSR count). The van der Waals surface area contributed by atoms with Gasteiger partial charge in [0.05, 0.1) is 4.92 Å². The molecule has 0 aliphatic heterocycles. The van der Waals surface area contributed by atoms with Crippen molar-refractivity contribution in [1.82, 2.24) is 0 Å². The fraction of sp³-hybridized carbons (Fsp3) is 0.500. The van der Waals surface area contributed by atoms with E-state index in [1.165, 1.54) is 0 Å². The normalized spacial score (nSPS) is 16.6. The first-order valence-corrected chi connectivity index (χ1v) is 5.74. The van der Waals surface area contributed by atoms with Crippen LogP contribution in [-0.4, -0.2) is 10.0 Å². The van der Waals surface area contributed by atoms with E-state index in [1.54, 1.807) is 19.1 Å². The zero-order valence-electron chi connectivity index (χ0n) is 10.1. The van der Waals surface area contributed by atoms with E-state index in [1.807, 2.05) is 0 Å². The van der Waals surface area contributed by atoms with E-state index in [2.05, 4.69) is 0 Å². The van der Waals surface area contributed by atoms with Gasteiger partial charge in [0.15, 0.2) is 5.75 Å². The maximum Gasteiger partial charge on any atom is 0.313 e. The second kappa shape index (κ2) is 5.54. The summed E-state index contributed by atoms with van der Waals surface area (Å²) >= 11 is 0. The number of rotatable bonds is 3. The van der Waals surface area contributed by atoms with Crippen molar-refractivity contribution in [3.63, 3.8) is 0 Å². The molecule has 3 N–H and O–H groups in total. The number of aromatic hydroxyl groups is 1. The molecular formula is C12H17ClN2O3. The molecule has 0 radical (unpaired) electrons. The van der Waals surface area contributed by atoms with Crippen LogP contribution in [0, 0.1) is 23.0 Å². The predicted molar refractivity (Wildman–Crippen MR) is 71.0 cm³/mol. The van der Waals surface area contributed by atoms with Crippen LogP contribution in [0.5, 0.6) is 5.75 Å². The maximum absolute atomic E-state index is 10.9. The van der Waals surface area contributed by atoms with Gasteiger partial charge in [0.25, 0.3) is 0 Å². The third-order valence-corrected chi connectivity index (χ3v) is 3.58. The Morgan fingerprint density at radius 2 is 2.11 bits per heavy atom. The zero-order chi connectivity index (χ0) is 12.6. The van der Waals surface area contributed by atoms with Gasteiger partial charge in [-0.2, -0.15) is 0 Å². The van der Waals surface area contributed by atoms with E-state index in [9.17, 15) is 15.2 Å². The van der Waals surface area contributed by atoms with Crippen LogP contribution < -0.4 is 5.73 Å². The van der Waals surface area contributed by atoms with Crippen molar-refractivity contribution in [3.05, 3.63) is 33.4 Å². The quantitative estimate of drug-likeness (QED) is 0.654. The molecule has 1 atom stereocenters. The lowest BCUT2D eigenvalue weighted by Gasteiger charge is -2.31. The topological polar surface area (TPSA) is 89.4 Å². The highest BCUT2D eigenvalue weighted by atomic mass is 35.5. The van der Waals surface area contributed by atoms with E-state index in [0.29, 0.717) is 17.0 Å². The summed E-state index contributed by atoms with van der Waals surface area (Å²) < 4.78 is 0. The number of benzene rings is 1. The lowest BCUT2D eigenvalue weighted by Crippen LogP contribution is -2.27. The van der Waals surface area contributed by atoms with Crippen molar-refractivity contribution >= 4 is 18.1 Å². The molecule has 1 aromatic rings. The average Bonchev–Trinajstić information content (AvgIpc) is 2.13. The molecule has 0 unspecified atom stereocenters. The maximum atomic E-state index is 10.9. The van der Waals surface area contributed by atoms with Crippen LogP contribution in [0.1, 0.15) is 36.4 Å². The van der Waals surface area contributed by atoms with Crippen LogP contribution in [-0.2, 0) is 0 Å². The summed E-state index contributed by atoms with van der Waals surface area (Å²) in [6.07, 6.45) is 3.21. The Morgan fingerprint density at radius 1 is 1.50 bits per heavy atom. The molecule has 1 aromatic carbocycles. The molecule has 0 amide bonds. The lowest BCUT2D eigenvalue weighted by molar-refractivity contribution is -0.386. The van der Waals surface area contributed by atoms with Gasteiger partial charge in [0.2, 0.25) is 0 Å². The van der Waals surface area contributed by atoms with Crippen LogP contribution in [0.3, 0.4) is 0 Å². The van der Waals surface area contributed by atoms with Crippen LogP contribution in [0.2, 0.25) is 0 Å². The minimum Gasteiger partial charge on any atom is -0.502 e. The largest absolute Gasteiger partial charge is 0.502 e. The van der Waals surface area contributed by atoms with Crippen LogP contribution in [0.25, 0.3) is 0 Å². The number of hydrogen-bond acceptors (Lipinski definition) is 4. The minimum atomic E-state index is -0.554. The van der Waals surface area contributed by atoms with Gasteiger partial charge in [-0.25, -0.2) is 0 Å². The molecule has 1 saturated carbocycles. The Labute approximate surface area is 112 Å². The van der Waals surface area contributed by atoms with Crippen molar-refractivity contribution in [1.29, 1.82) is 0 Å². The van der Waals surface area contributed by atoms with Gasteiger partial charge < -0.3 is 10.8 Å². The molecule has 1 aliphatic carbocycles. The number of nitrogens with two attached hydrogens (primary N) is 1. The summed E-state index contributed by atoms with van der Waals surface area (Å²) in [6, 6.07) is 3.04. The third-order valence-electron chi connectivity index (χ3n) is 3.58. The number of halogens is 1. The van der Waals surface area contributed by atoms with E-state index in [-0.39, 0.29) is 29.9 Å². The fourth-order valence-electron chi connectivity index (χ4n) is 2.25. The van der Waals surface area contributed by atoms with Crippen LogP contribution >= 0.6 is 12.4 Å². The van der Waals surface area contributed by atoms with Gasteiger partial charge >= 0.3 is 5.69 Å². The Balaban J connectivity index is 0.00000162. The molecule has 0 bridgehead atoms.